The first-order valence-electron chi connectivity index (χ1n) is 11.4. The number of hydrogen-bond donors (Lipinski definition) is 0. The van der Waals surface area contributed by atoms with Crippen molar-refractivity contribution in [3.63, 3.8) is 0 Å². The number of ether oxygens (including phenoxy) is 2. The van der Waals surface area contributed by atoms with E-state index in [1.165, 1.54) is 4.90 Å². The topological polar surface area (TPSA) is 84.6 Å². The van der Waals surface area contributed by atoms with Gasteiger partial charge in [-0.2, -0.15) is 5.26 Å². The minimum Gasteiger partial charge on any atom is -0.489 e. The zero-order valence-electron chi connectivity index (χ0n) is 21.2. The number of rotatable bonds is 7. The lowest BCUT2D eigenvalue weighted by molar-refractivity contribution is 0.0585. The Morgan fingerprint density at radius 2 is 1.82 bits per heavy atom. The maximum atomic E-state index is 13.7. The summed E-state index contributed by atoms with van der Waals surface area (Å²) in [5.41, 5.74) is -0.357. The van der Waals surface area contributed by atoms with Gasteiger partial charge in [-0.15, -0.1) is 0 Å². The molecular weight excluding hydrogens is 418 g/mol. The standard InChI is InChI=1S/C26H37N3O4/c1-9-10-15-32-21-20-16-18(13-14-27)11-12-19(20)23(30)29(17-25(2,3)4)22(21)28(8)24(31)33-26(5,6)7/h11-12,16H,9-10,13,15,17H2,1-8H3. The average Bonchev–Trinajstić information content (AvgIpc) is 2.69. The Bertz CT molecular complexity index is 1100. The highest BCUT2D eigenvalue weighted by Crippen LogP contribution is 2.37. The molecular formula is C26H37N3O4. The minimum atomic E-state index is -0.694. The number of carbonyl (C=O) groups is 1. The second-order valence-electron chi connectivity index (χ2n) is 10.6. The number of carbonyl (C=O) groups excluding carboxylic acids is 1. The molecule has 1 aromatic heterocycles. The van der Waals surface area contributed by atoms with E-state index in [1.54, 1.807) is 44.5 Å². The van der Waals surface area contributed by atoms with Gasteiger partial charge in [-0.05, 0) is 50.3 Å². The number of fused-ring (bicyclic) bond motifs is 1. The molecule has 0 fully saturated rings. The number of amides is 1. The van der Waals surface area contributed by atoms with Crippen molar-refractivity contribution in [2.45, 2.75) is 79.9 Å². The van der Waals surface area contributed by atoms with Crippen molar-refractivity contribution in [1.82, 2.24) is 4.57 Å². The monoisotopic (exact) mass is 455 g/mol. The van der Waals surface area contributed by atoms with Crippen LogP contribution in [0.1, 0.15) is 66.9 Å². The van der Waals surface area contributed by atoms with E-state index >= 15 is 0 Å². The number of pyridine rings is 1. The van der Waals surface area contributed by atoms with Crippen LogP contribution in [0.3, 0.4) is 0 Å². The highest BCUT2D eigenvalue weighted by atomic mass is 16.6. The first-order chi connectivity index (χ1) is 15.3. The molecule has 2 rings (SSSR count). The number of nitriles is 1. The summed E-state index contributed by atoms with van der Waals surface area (Å²) < 4.78 is 13.5. The maximum absolute atomic E-state index is 13.7. The molecule has 1 heterocycles. The fourth-order valence-electron chi connectivity index (χ4n) is 3.48. The SMILES string of the molecule is CCCCOc1c(N(C)C(=O)OC(C)(C)C)n(CC(C)(C)C)c(=O)c2ccc(CC#N)cc12. The van der Waals surface area contributed by atoms with Crippen LogP contribution < -0.4 is 15.2 Å². The molecule has 0 spiro atoms. The smallest absolute Gasteiger partial charge is 0.415 e. The van der Waals surface area contributed by atoms with Crippen molar-refractivity contribution >= 4 is 22.7 Å². The molecule has 0 unspecified atom stereocenters. The number of aromatic nitrogens is 1. The van der Waals surface area contributed by atoms with Gasteiger partial charge in [0.1, 0.15) is 5.60 Å². The van der Waals surface area contributed by atoms with E-state index in [4.69, 9.17) is 14.7 Å². The van der Waals surface area contributed by atoms with Gasteiger partial charge < -0.3 is 9.47 Å². The third kappa shape index (κ3) is 6.74. The summed E-state index contributed by atoms with van der Waals surface area (Å²) in [5.74, 6) is 0.817. The molecule has 0 saturated carbocycles. The highest BCUT2D eigenvalue weighted by molar-refractivity contribution is 5.97. The van der Waals surface area contributed by atoms with Crippen LogP contribution in [0, 0.1) is 16.7 Å². The minimum absolute atomic E-state index is 0.211. The number of anilines is 1. The fourth-order valence-corrected chi connectivity index (χ4v) is 3.48. The van der Waals surface area contributed by atoms with Crippen LogP contribution in [0.4, 0.5) is 10.6 Å². The molecule has 0 bridgehead atoms. The van der Waals surface area contributed by atoms with Crippen LogP contribution in [0.25, 0.3) is 10.8 Å². The predicted octanol–water partition coefficient (Wildman–Crippen LogP) is 5.66. The molecule has 7 heteroatoms. The summed E-state index contributed by atoms with van der Waals surface area (Å²) in [6.45, 7) is 14.4. The quantitative estimate of drug-likeness (QED) is 0.503. The first-order valence-corrected chi connectivity index (χ1v) is 11.4. The van der Waals surface area contributed by atoms with Gasteiger partial charge in [0.05, 0.1) is 24.5 Å². The van der Waals surface area contributed by atoms with Crippen molar-refractivity contribution in [2.24, 2.45) is 5.41 Å². The molecule has 0 atom stereocenters. The van der Waals surface area contributed by atoms with Crippen molar-refractivity contribution in [3.8, 4) is 11.8 Å². The Labute approximate surface area is 196 Å². The Kier molecular flexibility index (Phi) is 8.18. The van der Waals surface area contributed by atoms with Crippen molar-refractivity contribution in [3.05, 3.63) is 34.1 Å². The van der Waals surface area contributed by atoms with Crippen LogP contribution >= 0.6 is 0 Å². The van der Waals surface area contributed by atoms with Crippen LogP contribution in [0.15, 0.2) is 23.0 Å². The molecule has 180 valence electrons. The molecule has 2 aromatic rings. The van der Waals surface area contributed by atoms with E-state index in [0.29, 0.717) is 35.5 Å². The molecule has 0 aliphatic carbocycles. The number of benzene rings is 1. The summed E-state index contributed by atoms with van der Waals surface area (Å²) in [6.07, 6.45) is 1.41. The molecule has 7 nitrogen and oxygen atoms in total. The lowest BCUT2D eigenvalue weighted by Gasteiger charge is -2.30. The Hall–Kier alpha value is -3.01. The number of unbranched alkanes of at least 4 members (excludes halogenated alkanes) is 1. The number of nitrogens with zero attached hydrogens (tertiary/aromatic N) is 3. The van der Waals surface area contributed by atoms with E-state index < -0.39 is 11.7 Å². The van der Waals surface area contributed by atoms with E-state index in [1.807, 2.05) is 26.8 Å². The Morgan fingerprint density at radius 3 is 2.36 bits per heavy atom. The number of hydrogen-bond acceptors (Lipinski definition) is 5. The van der Waals surface area contributed by atoms with Crippen molar-refractivity contribution in [1.29, 1.82) is 5.26 Å². The van der Waals surface area contributed by atoms with Gasteiger partial charge in [0, 0.05) is 19.0 Å². The lowest BCUT2D eigenvalue weighted by Crippen LogP contribution is -2.39. The molecule has 0 aliphatic rings. The van der Waals surface area contributed by atoms with Gasteiger partial charge in [-0.25, -0.2) is 4.79 Å². The fraction of sp³-hybridized carbons (Fsp3) is 0.577. The van der Waals surface area contributed by atoms with Gasteiger partial charge in [0.2, 0.25) is 0 Å². The van der Waals surface area contributed by atoms with Crippen LogP contribution in [0.2, 0.25) is 0 Å². The van der Waals surface area contributed by atoms with Crippen molar-refractivity contribution in [2.75, 3.05) is 18.6 Å². The highest BCUT2D eigenvalue weighted by Gasteiger charge is 2.29. The maximum Gasteiger partial charge on any atom is 0.415 e. The summed E-state index contributed by atoms with van der Waals surface area (Å²) in [5, 5.41) is 10.3. The summed E-state index contributed by atoms with van der Waals surface area (Å²) in [6, 6.07) is 7.50. The molecule has 0 radical (unpaired) electrons. The second kappa shape index (κ2) is 10.3. The van der Waals surface area contributed by atoms with Gasteiger partial charge >= 0.3 is 6.09 Å². The first kappa shape index (κ1) is 26.2. The van der Waals surface area contributed by atoms with Gasteiger partial charge in [-0.1, -0.05) is 40.2 Å². The van der Waals surface area contributed by atoms with Gasteiger partial charge in [0.15, 0.2) is 11.6 Å². The van der Waals surface area contributed by atoms with Crippen LogP contribution in [-0.4, -0.2) is 29.9 Å². The van der Waals surface area contributed by atoms with Gasteiger partial charge in [-0.3, -0.25) is 14.3 Å². The molecule has 0 aliphatic heterocycles. The Morgan fingerprint density at radius 1 is 1.15 bits per heavy atom. The molecule has 0 saturated heterocycles. The largest absolute Gasteiger partial charge is 0.489 e. The van der Waals surface area contributed by atoms with E-state index in [9.17, 15) is 9.59 Å². The van der Waals surface area contributed by atoms with Crippen molar-refractivity contribution < 1.29 is 14.3 Å². The third-order valence-electron chi connectivity index (χ3n) is 4.91. The molecule has 0 N–H and O–H groups in total. The zero-order valence-corrected chi connectivity index (χ0v) is 21.2. The Balaban J connectivity index is 2.89. The summed E-state index contributed by atoms with van der Waals surface area (Å²) in [7, 11) is 1.60. The molecule has 1 amide bonds. The molecule has 33 heavy (non-hydrogen) atoms. The normalized spacial score (nSPS) is 11.8. The van der Waals surface area contributed by atoms with E-state index in [2.05, 4.69) is 13.0 Å². The van der Waals surface area contributed by atoms with E-state index in [0.717, 1.165) is 18.4 Å². The second-order valence-corrected chi connectivity index (χ2v) is 10.6. The molecule has 1 aromatic carbocycles. The lowest BCUT2D eigenvalue weighted by atomic mass is 9.96. The van der Waals surface area contributed by atoms with Crippen LogP contribution in [-0.2, 0) is 17.7 Å². The average molecular weight is 456 g/mol. The van der Waals surface area contributed by atoms with Crippen LogP contribution in [0.5, 0.6) is 5.75 Å². The van der Waals surface area contributed by atoms with E-state index in [-0.39, 0.29) is 17.4 Å². The zero-order chi connectivity index (χ0) is 25.0. The summed E-state index contributed by atoms with van der Waals surface area (Å²) in [4.78, 5) is 28.1. The predicted molar refractivity (Wildman–Crippen MR) is 132 cm³/mol. The summed E-state index contributed by atoms with van der Waals surface area (Å²) >= 11 is 0. The van der Waals surface area contributed by atoms with Gasteiger partial charge in [0.25, 0.3) is 5.56 Å². The third-order valence-corrected chi connectivity index (χ3v) is 4.91.